The number of fused-ring (bicyclic) bond motifs is 2. The number of amides is 2. The molecule has 2 aliphatic rings. The Balaban J connectivity index is 1.35. The molecule has 1 aromatic carbocycles. The average molecular weight is 531 g/mol. The van der Waals surface area contributed by atoms with E-state index in [4.69, 9.17) is 4.74 Å². The highest BCUT2D eigenvalue weighted by atomic mass is 19.4. The monoisotopic (exact) mass is 530 g/mol. The molecule has 2 aromatic heterocycles. The Morgan fingerprint density at radius 2 is 1.97 bits per heavy atom. The predicted octanol–water partition coefficient (Wildman–Crippen LogP) is 4.17. The zero-order valence-corrected chi connectivity index (χ0v) is 20.7. The number of nitrogens with one attached hydrogen (secondary N) is 1. The molecule has 200 valence electrons. The summed E-state index contributed by atoms with van der Waals surface area (Å²) >= 11 is 0. The van der Waals surface area contributed by atoms with Crippen LogP contribution in [-0.2, 0) is 24.1 Å². The van der Waals surface area contributed by atoms with Crippen molar-refractivity contribution in [1.82, 2.24) is 24.6 Å². The summed E-state index contributed by atoms with van der Waals surface area (Å²) in [7, 11) is 1.44. The normalized spacial score (nSPS) is 16.6. The van der Waals surface area contributed by atoms with Crippen LogP contribution < -0.4 is 10.1 Å². The van der Waals surface area contributed by atoms with Crippen molar-refractivity contribution in [2.24, 2.45) is 0 Å². The fourth-order valence-corrected chi connectivity index (χ4v) is 4.74. The number of nitrogens with zero attached hydrogens (tertiary/aromatic N) is 5. The molecule has 0 saturated carbocycles. The molecule has 0 saturated heterocycles. The Hall–Kier alpha value is -4.16. The highest BCUT2D eigenvalue weighted by Crippen LogP contribution is 2.31. The van der Waals surface area contributed by atoms with Crippen molar-refractivity contribution >= 4 is 17.8 Å². The Morgan fingerprint density at radius 3 is 2.74 bits per heavy atom. The van der Waals surface area contributed by atoms with Gasteiger partial charge in [-0.15, -0.1) is 10.2 Å². The molecule has 2 aliphatic heterocycles. The second-order valence-electron chi connectivity index (χ2n) is 9.22. The van der Waals surface area contributed by atoms with Crippen molar-refractivity contribution in [3.05, 3.63) is 52.8 Å². The minimum atomic E-state index is -4.61. The van der Waals surface area contributed by atoms with Crippen LogP contribution in [0.1, 0.15) is 46.7 Å². The maximum absolute atomic E-state index is 13.3. The third kappa shape index (κ3) is 5.13. The molecule has 0 spiro atoms. The van der Waals surface area contributed by atoms with Gasteiger partial charge in [0.25, 0.3) is 5.91 Å². The average Bonchev–Trinajstić information content (AvgIpc) is 3.48. The summed E-state index contributed by atoms with van der Waals surface area (Å²) in [6.45, 7) is 0.614. The second-order valence-corrected chi connectivity index (χ2v) is 9.22. The van der Waals surface area contributed by atoms with E-state index in [-0.39, 0.29) is 24.7 Å². The third-order valence-corrected chi connectivity index (χ3v) is 6.61. The Kier molecular flexibility index (Phi) is 6.67. The number of hydrogen-bond acceptors (Lipinski definition) is 7. The molecule has 4 heterocycles. The van der Waals surface area contributed by atoms with Crippen molar-refractivity contribution in [3.63, 3.8) is 0 Å². The number of anilines is 1. The largest absolute Gasteiger partial charge is 0.496 e. The number of alkyl halides is 3. The van der Waals surface area contributed by atoms with Gasteiger partial charge in [0.05, 0.1) is 12.7 Å². The van der Waals surface area contributed by atoms with E-state index in [1.165, 1.54) is 12.0 Å². The number of rotatable bonds is 5. The number of ether oxygens (including phenoxy) is 2. The number of hydrogen-bond donors (Lipinski definition) is 1. The van der Waals surface area contributed by atoms with E-state index >= 15 is 0 Å². The predicted molar refractivity (Wildman–Crippen MR) is 129 cm³/mol. The second kappa shape index (κ2) is 9.95. The first-order chi connectivity index (χ1) is 18.1. The van der Waals surface area contributed by atoms with Gasteiger partial charge in [0.15, 0.2) is 12.4 Å². The molecule has 10 nitrogen and oxygen atoms in total. The van der Waals surface area contributed by atoms with Gasteiger partial charge in [0, 0.05) is 25.6 Å². The quantitative estimate of drug-likeness (QED) is 0.527. The minimum Gasteiger partial charge on any atom is -0.496 e. The van der Waals surface area contributed by atoms with Crippen molar-refractivity contribution < 1.29 is 32.2 Å². The lowest BCUT2D eigenvalue weighted by Gasteiger charge is -2.29. The zero-order valence-electron chi connectivity index (χ0n) is 20.7. The summed E-state index contributed by atoms with van der Waals surface area (Å²) in [6, 6.07) is 8.73. The highest BCUT2D eigenvalue weighted by Gasteiger charge is 2.32. The van der Waals surface area contributed by atoms with Crippen molar-refractivity contribution in [2.75, 3.05) is 25.6 Å². The molecule has 0 aliphatic carbocycles. The number of aryl methyl sites for hydroxylation is 1. The number of benzene rings is 1. The molecule has 0 fully saturated rings. The molecule has 1 atom stereocenters. The summed E-state index contributed by atoms with van der Waals surface area (Å²) in [5.74, 6) is 1.66. The highest BCUT2D eigenvalue weighted by molar-refractivity contribution is 6.06. The number of aromatic nitrogens is 4. The molecule has 1 N–H and O–H groups in total. The molecule has 0 radical (unpaired) electrons. The lowest BCUT2D eigenvalue weighted by Crippen LogP contribution is -2.38. The molecule has 3 aromatic rings. The van der Waals surface area contributed by atoms with E-state index in [2.05, 4.69) is 32.2 Å². The van der Waals surface area contributed by atoms with Crippen molar-refractivity contribution in [3.8, 4) is 17.3 Å². The molecular formula is C25H25F3N6O4. The summed E-state index contributed by atoms with van der Waals surface area (Å²) in [5.41, 5.74) is 2.20. The molecule has 2 amide bonds. The van der Waals surface area contributed by atoms with Gasteiger partial charge in [0.2, 0.25) is 0 Å². The third-order valence-electron chi connectivity index (χ3n) is 6.61. The van der Waals surface area contributed by atoms with Crippen LogP contribution in [0.15, 0.2) is 30.3 Å². The van der Waals surface area contributed by atoms with E-state index in [9.17, 15) is 22.8 Å². The number of halogens is 3. The van der Waals surface area contributed by atoms with E-state index in [1.807, 2.05) is 4.57 Å². The van der Waals surface area contributed by atoms with Crippen LogP contribution in [0.25, 0.3) is 11.5 Å². The van der Waals surface area contributed by atoms with Crippen LogP contribution in [0.3, 0.4) is 0 Å². The van der Waals surface area contributed by atoms with Gasteiger partial charge < -0.3 is 24.3 Å². The first-order valence-corrected chi connectivity index (χ1v) is 12.0. The van der Waals surface area contributed by atoms with Gasteiger partial charge in [-0.2, -0.15) is 13.2 Å². The number of carbonyl (C=O) groups excluding carboxylic acids is 2. The molecule has 0 unspecified atom stereocenters. The van der Waals surface area contributed by atoms with Crippen molar-refractivity contribution in [2.45, 2.75) is 44.9 Å². The standard InChI is InChI=1S/C25H25F3N6O4/c1-14-6-7-21-31-32-22(34(14)21)18-4-3-5-20(29-18)30-23(35)17-10-16-12-33(24(36)38-13-25(26,27)28)9-8-15(16)11-19(17)37-2/h3-5,10-11,14H,6-9,12-13H2,1-2H3,(H,29,30,35)/t14-/m1/s1. The molecule has 38 heavy (non-hydrogen) atoms. The van der Waals surface area contributed by atoms with Crippen LogP contribution >= 0.6 is 0 Å². The number of pyridine rings is 1. The molecular weight excluding hydrogens is 505 g/mol. The van der Waals surface area contributed by atoms with Gasteiger partial charge >= 0.3 is 12.3 Å². The first kappa shape index (κ1) is 25.5. The smallest absolute Gasteiger partial charge is 0.422 e. The van der Waals surface area contributed by atoms with Gasteiger partial charge in [0.1, 0.15) is 23.1 Å². The van der Waals surface area contributed by atoms with E-state index in [0.717, 1.165) is 24.2 Å². The van der Waals surface area contributed by atoms with Gasteiger partial charge in [-0.05, 0) is 55.2 Å². The maximum Gasteiger partial charge on any atom is 0.422 e. The van der Waals surface area contributed by atoms with E-state index in [0.29, 0.717) is 35.1 Å². The van der Waals surface area contributed by atoms with Crippen LogP contribution in [-0.4, -0.2) is 63.1 Å². The topological polar surface area (TPSA) is 111 Å². The van der Waals surface area contributed by atoms with E-state index in [1.54, 1.807) is 30.3 Å². The van der Waals surface area contributed by atoms with Crippen LogP contribution in [0.2, 0.25) is 0 Å². The lowest BCUT2D eigenvalue weighted by molar-refractivity contribution is -0.162. The van der Waals surface area contributed by atoms with Crippen LogP contribution in [0.5, 0.6) is 5.75 Å². The Labute approximate surface area is 215 Å². The van der Waals surface area contributed by atoms with Crippen LogP contribution in [0, 0.1) is 0 Å². The van der Waals surface area contributed by atoms with Gasteiger partial charge in [-0.25, -0.2) is 9.78 Å². The number of methoxy groups -OCH3 is 1. The SMILES string of the molecule is COc1cc2c(cc1C(=O)Nc1cccc(-c3nnc4n3[C@H](C)CC4)n1)CN(C(=O)OCC(F)(F)F)CC2. The Morgan fingerprint density at radius 1 is 1.16 bits per heavy atom. The lowest BCUT2D eigenvalue weighted by atomic mass is 9.96. The fourth-order valence-electron chi connectivity index (χ4n) is 4.74. The summed E-state index contributed by atoms with van der Waals surface area (Å²) in [4.78, 5) is 31.1. The van der Waals surface area contributed by atoms with Crippen molar-refractivity contribution in [1.29, 1.82) is 0 Å². The fraction of sp³-hybridized carbons (Fsp3) is 0.400. The first-order valence-electron chi connectivity index (χ1n) is 12.0. The van der Waals surface area contributed by atoms with Gasteiger partial charge in [-0.3, -0.25) is 4.79 Å². The van der Waals surface area contributed by atoms with E-state index < -0.39 is 24.8 Å². The summed E-state index contributed by atoms with van der Waals surface area (Å²) < 4.78 is 49.2. The molecule has 0 bridgehead atoms. The zero-order chi connectivity index (χ0) is 27.0. The van der Waals surface area contributed by atoms with Gasteiger partial charge in [-0.1, -0.05) is 6.07 Å². The molecule has 5 rings (SSSR count). The maximum atomic E-state index is 13.3. The number of carbonyl (C=O) groups is 2. The Bertz CT molecular complexity index is 1390. The minimum absolute atomic E-state index is 0.000208. The van der Waals surface area contributed by atoms with Crippen LogP contribution in [0.4, 0.5) is 23.8 Å². The summed E-state index contributed by atoms with van der Waals surface area (Å²) in [6.07, 6.45) is -3.48. The summed E-state index contributed by atoms with van der Waals surface area (Å²) in [5, 5.41) is 11.3. The molecule has 13 heteroatoms.